The van der Waals surface area contributed by atoms with E-state index < -0.39 is 29.1 Å². The zero-order valence-corrected chi connectivity index (χ0v) is 12.4. The van der Waals surface area contributed by atoms with E-state index in [4.69, 9.17) is 10.5 Å². The van der Waals surface area contributed by atoms with Crippen LogP contribution in [0.5, 0.6) is 0 Å². The number of rotatable bonds is 7. The fourth-order valence-electron chi connectivity index (χ4n) is 2.08. The van der Waals surface area contributed by atoms with Crippen LogP contribution in [0.4, 0.5) is 0 Å². The lowest BCUT2D eigenvalue weighted by atomic mass is 9.80. The first kappa shape index (κ1) is 17.6. The van der Waals surface area contributed by atoms with Crippen molar-refractivity contribution in [3.63, 3.8) is 0 Å². The lowest BCUT2D eigenvalue weighted by Gasteiger charge is -2.29. The first-order valence-corrected chi connectivity index (χ1v) is 6.75. The number of ketones is 1. The summed E-state index contributed by atoms with van der Waals surface area (Å²) in [7, 11) is 1.25. The molecule has 1 amide bonds. The van der Waals surface area contributed by atoms with Crippen LogP contribution in [0.15, 0.2) is 29.9 Å². The number of hydrogen-bond donors (Lipinski definition) is 2. The third kappa shape index (κ3) is 3.05. The Balaban J connectivity index is 3.27. The van der Waals surface area contributed by atoms with Crippen LogP contribution in [0.1, 0.15) is 13.3 Å². The minimum Gasteiger partial charge on any atom is -0.464 e. The molecule has 0 saturated heterocycles. The van der Waals surface area contributed by atoms with Gasteiger partial charge in [0.2, 0.25) is 0 Å². The van der Waals surface area contributed by atoms with Crippen LogP contribution in [-0.2, 0) is 23.9 Å². The fraction of sp³-hybridized carbons (Fsp3) is 0.400. The zero-order chi connectivity index (χ0) is 16.8. The molecule has 0 aliphatic heterocycles. The highest BCUT2D eigenvalue weighted by molar-refractivity contribution is 6.28. The van der Waals surface area contributed by atoms with Crippen molar-refractivity contribution in [3.8, 4) is 0 Å². The van der Waals surface area contributed by atoms with Crippen molar-refractivity contribution in [3.05, 3.63) is 29.9 Å². The Morgan fingerprint density at radius 1 is 1.41 bits per heavy atom. The smallest absolute Gasteiger partial charge is 0.344 e. The number of esters is 1. The molecule has 0 aromatic rings. The molecule has 1 rings (SSSR count). The van der Waals surface area contributed by atoms with Gasteiger partial charge in [-0.25, -0.2) is 9.59 Å². The first-order valence-electron chi connectivity index (χ1n) is 6.75. The Morgan fingerprint density at radius 3 is 2.59 bits per heavy atom. The molecule has 0 bridgehead atoms. The topological polar surface area (TPSA) is 116 Å². The highest BCUT2D eigenvalue weighted by Gasteiger charge is 2.54. The summed E-state index contributed by atoms with van der Waals surface area (Å²) in [5.74, 6) is -2.61. The van der Waals surface area contributed by atoms with Gasteiger partial charge in [0.05, 0.1) is 18.1 Å². The Labute approximate surface area is 127 Å². The number of ether oxygens (including phenoxy) is 1. The van der Waals surface area contributed by atoms with Gasteiger partial charge in [-0.1, -0.05) is 25.2 Å². The second-order valence-electron chi connectivity index (χ2n) is 4.64. The molecule has 0 aromatic heterocycles. The number of nitrogens with two attached hydrogens (primary N) is 1. The molecule has 3 N–H and O–H groups in total. The number of Topliss-reactive ketones (excluding diaryl/α,β-unsaturated/α-hetero) is 1. The summed E-state index contributed by atoms with van der Waals surface area (Å²) >= 11 is 0. The summed E-state index contributed by atoms with van der Waals surface area (Å²) in [5, 5.41) is 2.37. The zero-order valence-electron chi connectivity index (χ0n) is 12.4. The molecule has 0 fully saturated rings. The predicted octanol–water partition coefficient (Wildman–Crippen LogP) is -0.548. The second-order valence-corrected chi connectivity index (χ2v) is 4.64. The Kier molecular flexibility index (Phi) is 5.98. The summed E-state index contributed by atoms with van der Waals surface area (Å²) in [6, 6.07) is 0. The molecule has 2 unspecified atom stereocenters. The van der Waals surface area contributed by atoms with E-state index in [0.717, 1.165) is 0 Å². The number of hydrogen-bond acceptors (Lipinski definition) is 6. The van der Waals surface area contributed by atoms with Gasteiger partial charge >= 0.3 is 5.97 Å². The summed E-state index contributed by atoms with van der Waals surface area (Å²) in [6.07, 6.45) is 6.37. The molecule has 1 aliphatic rings. The Morgan fingerprint density at radius 2 is 2.09 bits per heavy atom. The molecule has 0 aromatic carbocycles. The summed E-state index contributed by atoms with van der Waals surface area (Å²) in [5.41, 5.74) is 2.94. The van der Waals surface area contributed by atoms with Crippen molar-refractivity contribution in [1.29, 1.82) is 0 Å². The fourth-order valence-corrected chi connectivity index (χ4v) is 2.08. The SMILES string of the molecule is CCCOC(=O)C(NC)(C(N)=O)C(=O)C1C=CC=CC1=C=O. The minimum atomic E-state index is -2.35. The molecular weight excluding hydrogens is 288 g/mol. The van der Waals surface area contributed by atoms with Crippen LogP contribution in [0.25, 0.3) is 0 Å². The maximum atomic E-state index is 12.7. The van der Waals surface area contributed by atoms with Crippen LogP contribution < -0.4 is 11.1 Å². The number of allylic oxidation sites excluding steroid dienone is 5. The Hall–Kier alpha value is -2.50. The van der Waals surface area contributed by atoms with Crippen LogP contribution in [0, 0.1) is 5.92 Å². The minimum absolute atomic E-state index is 0.0108. The van der Waals surface area contributed by atoms with Crippen LogP contribution >= 0.6 is 0 Å². The standard InChI is InChI=1S/C15H18N2O5/c1-3-8-22-14(21)15(17-2,13(16)20)12(19)11-7-5-4-6-10(11)9-18/h4-7,11,17H,3,8H2,1-2H3,(H2,16,20). The molecule has 0 spiro atoms. The molecular formula is C15H18N2O5. The molecule has 0 radical (unpaired) electrons. The van der Waals surface area contributed by atoms with Crippen molar-refractivity contribution < 1.29 is 23.9 Å². The van der Waals surface area contributed by atoms with Gasteiger partial charge < -0.3 is 10.5 Å². The number of nitrogens with one attached hydrogen (secondary N) is 1. The van der Waals surface area contributed by atoms with E-state index in [-0.39, 0.29) is 12.2 Å². The molecule has 0 heterocycles. The molecule has 1 aliphatic carbocycles. The van der Waals surface area contributed by atoms with Crippen molar-refractivity contribution in [2.24, 2.45) is 11.7 Å². The van der Waals surface area contributed by atoms with Crippen LogP contribution in [0.2, 0.25) is 0 Å². The molecule has 2 atom stereocenters. The molecule has 22 heavy (non-hydrogen) atoms. The first-order chi connectivity index (χ1) is 10.4. The van der Waals surface area contributed by atoms with Crippen LogP contribution in [-0.4, -0.2) is 42.8 Å². The van der Waals surface area contributed by atoms with Crippen molar-refractivity contribution >= 4 is 23.6 Å². The summed E-state index contributed by atoms with van der Waals surface area (Å²) < 4.78 is 4.92. The average molecular weight is 306 g/mol. The summed E-state index contributed by atoms with van der Waals surface area (Å²) in [4.78, 5) is 47.7. The predicted molar refractivity (Wildman–Crippen MR) is 78.2 cm³/mol. The largest absolute Gasteiger partial charge is 0.464 e. The second kappa shape index (κ2) is 7.49. The van der Waals surface area contributed by atoms with E-state index in [2.05, 4.69) is 5.32 Å². The van der Waals surface area contributed by atoms with Gasteiger partial charge in [0.15, 0.2) is 5.78 Å². The van der Waals surface area contributed by atoms with Crippen molar-refractivity contribution in [1.82, 2.24) is 5.32 Å². The normalized spacial score (nSPS) is 19.2. The van der Waals surface area contributed by atoms with Gasteiger partial charge in [0.25, 0.3) is 11.4 Å². The monoisotopic (exact) mass is 306 g/mol. The maximum absolute atomic E-state index is 12.7. The van der Waals surface area contributed by atoms with Gasteiger partial charge in [0, 0.05) is 0 Å². The lowest BCUT2D eigenvalue weighted by Crippen LogP contribution is -2.67. The number of primary amides is 1. The third-order valence-electron chi connectivity index (χ3n) is 3.28. The Bertz CT molecular complexity index is 587. The highest BCUT2D eigenvalue weighted by Crippen LogP contribution is 2.24. The average Bonchev–Trinajstić information content (AvgIpc) is 2.53. The number of carbonyl (C=O) groups is 3. The third-order valence-corrected chi connectivity index (χ3v) is 3.28. The van der Waals surface area contributed by atoms with E-state index in [1.165, 1.54) is 25.3 Å². The van der Waals surface area contributed by atoms with Crippen molar-refractivity contribution in [2.75, 3.05) is 13.7 Å². The van der Waals surface area contributed by atoms with Gasteiger partial charge in [-0.05, 0) is 19.5 Å². The maximum Gasteiger partial charge on any atom is 0.344 e. The molecule has 0 saturated carbocycles. The molecule has 7 heteroatoms. The van der Waals surface area contributed by atoms with E-state index in [9.17, 15) is 19.2 Å². The van der Waals surface area contributed by atoms with Crippen LogP contribution in [0.3, 0.4) is 0 Å². The van der Waals surface area contributed by atoms with Gasteiger partial charge in [0.1, 0.15) is 5.94 Å². The van der Waals surface area contributed by atoms with Gasteiger partial charge in [-0.2, -0.15) is 0 Å². The van der Waals surface area contributed by atoms with E-state index in [0.29, 0.717) is 6.42 Å². The van der Waals surface area contributed by atoms with Gasteiger partial charge in [-0.15, -0.1) is 0 Å². The number of amides is 1. The number of likely N-dealkylation sites (N-methyl/N-ethyl adjacent to an activating group) is 1. The quantitative estimate of drug-likeness (QED) is 0.370. The van der Waals surface area contributed by atoms with Gasteiger partial charge in [-0.3, -0.25) is 14.9 Å². The van der Waals surface area contributed by atoms with E-state index >= 15 is 0 Å². The lowest BCUT2D eigenvalue weighted by molar-refractivity contribution is -0.159. The number of carbonyl (C=O) groups excluding carboxylic acids is 4. The van der Waals surface area contributed by atoms with Crippen molar-refractivity contribution in [2.45, 2.75) is 18.9 Å². The highest BCUT2D eigenvalue weighted by atomic mass is 16.5. The van der Waals surface area contributed by atoms with E-state index in [1.54, 1.807) is 18.9 Å². The molecule has 118 valence electrons. The summed E-state index contributed by atoms with van der Waals surface area (Å²) in [6.45, 7) is 1.81. The molecule has 7 nitrogen and oxygen atoms in total. The van der Waals surface area contributed by atoms with E-state index in [1.807, 2.05) is 0 Å².